The third-order valence-electron chi connectivity index (χ3n) is 4.97. The summed E-state index contributed by atoms with van der Waals surface area (Å²) < 4.78 is 2.03. The van der Waals surface area contributed by atoms with E-state index in [0.717, 1.165) is 49.9 Å². The van der Waals surface area contributed by atoms with Gasteiger partial charge in [0.25, 0.3) is 0 Å². The molecule has 0 fully saturated rings. The maximum absolute atomic E-state index is 4.84. The zero-order valence-corrected chi connectivity index (χ0v) is 16.3. The average Bonchev–Trinajstić information content (AvgIpc) is 3.17. The minimum Gasteiger partial charge on any atom is -0.357 e. The van der Waals surface area contributed by atoms with Crippen LogP contribution in [0.15, 0.2) is 65.8 Å². The summed E-state index contributed by atoms with van der Waals surface area (Å²) in [7, 11) is 0. The second kappa shape index (κ2) is 8.69. The van der Waals surface area contributed by atoms with Gasteiger partial charge in [0.15, 0.2) is 11.6 Å². The molecule has 6 nitrogen and oxygen atoms in total. The molecule has 28 heavy (non-hydrogen) atoms. The molecule has 1 aliphatic rings. The van der Waals surface area contributed by atoms with Gasteiger partial charge in [0.05, 0.1) is 0 Å². The average molecular weight is 374 g/mol. The molecule has 1 aromatic carbocycles. The van der Waals surface area contributed by atoms with Crippen molar-refractivity contribution in [2.75, 3.05) is 26.2 Å². The number of nitrogens with one attached hydrogen (secondary N) is 1. The summed E-state index contributed by atoms with van der Waals surface area (Å²) in [6.07, 6.45) is 6.11. The van der Waals surface area contributed by atoms with Gasteiger partial charge in [-0.1, -0.05) is 42.5 Å². The fraction of sp³-hybridized carbons (Fsp3) is 0.318. The van der Waals surface area contributed by atoms with Crippen LogP contribution >= 0.6 is 0 Å². The molecule has 2 aromatic heterocycles. The van der Waals surface area contributed by atoms with Gasteiger partial charge in [-0.25, -0.2) is 0 Å². The van der Waals surface area contributed by atoms with Crippen LogP contribution in [0.4, 0.5) is 0 Å². The lowest BCUT2D eigenvalue weighted by Gasteiger charge is -2.29. The second-order valence-electron chi connectivity index (χ2n) is 6.82. The predicted octanol–water partition coefficient (Wildman–Crippen LogP) is 3.03. The summed E-state index contributed by atoms with van der Waals surface area (Å²) >= 11 is 0. The zero-order valence-electron chi connectivity index (χ0n) is 16.3. The molecule has 6 heteroatoms. The van der Waals surface area contributed by atoms with Crippen LogP contribution < -0.4 is 5.32 Å². The number of aromatic nitrogens is 3. The molecule has 3 aromatic rings. The highest BCUT2D eigenvalue weighted by molar-refractivity contribution is 5.81. The highest BCUT2D eigenvalue weighted by atomic mass is 15.3. The van der Waals surface area contributed by atoms with Gasteiger partial charge in [0.2, 0.25) is 0 Å². The first-order chi connectivity index (χ1) is 13.8. The Balaban J connectivity index is 1.42. The monoisotopic (exact) mass is 374 g/mol. The normalized spacial score (nSPS) is 15.0. The Bertz CT molecular complexity index is 973. The fourth-order valence-electron chi connectivity index (χ4n) is 3.52. The van der Waals surface area contributed by atoms with Crippen LogP contribution in [-0.2, 0) is 6.42 Å². The van der Waals surface area contributed by atoms with Crippen molar-refractivity contribution in [3.05, 3.63) is 72.2 Å². The Morgan fingerprint density at radius 1 is 1.11 bits per heavy atom. The van der Waals surface area contributed by atoms with Gasteiger partial charge in [-0.3, -0.25) is 9.39 Å². The van der Waals surface area contributed by atoms with Crippen LogP contribution in [-0.4, -0.2) is 51.6 Å². The van der Waals surface area contributed by atoms with Crippen molar-refractivity contribution in [1.29, 1.82) is 0 Å². The molecule has 0 radical (unpaired) electrons. The lowest BCUT2D eigenvalue weighted by Crippen LogP contribution is -2.43. The summed E-state index contributed by atoms with van der Waals surface area (Å²) in [5, 5.41) is 11.9. The molecule has 1 N–H and O–H groups in total. The van der Waals surface area contributed by atoms with Crippen LogP contribution in [0.3, 0.4) is 0 Å². The van der Waals surface area contributed by atoms with Gasteiger partial charge in [0, 0.05) is 38.8 Å². The quantitative estimate of drug-likeness (QED) is 0.551. The lowest BCUT2D eigenvalue weighted by atomic mass is 10.00. The van der Waals surface area contributed by atoms with Crippen molar-refractivity contribution < 1.29 is 0 Å². The van der Waals surface area contributed by atoms with Crippen molar-refractivity contribution in [2.45, 2.75) is 19.8 Å². The predicted molar refractivity (Wildman–Crippen MR) is 113 cm³/mol. The minimum atomic E-state index is 0.684. The number of aliphatic imine (C=N–C) groups is 1. The van der Waals surface area contributed by atoms with E-state index in [1.54, 1.807) is 0 Å². The Hall–Kier alpha value is -3.15. The number of nitrogens with zero attached hydrogens (tertiary/aromatic N) is 5. The Kier molecular flexibility index (Phi) is 5.66. The SMILES string of the molecule is CCNC(=NCCc1nnc2ccccn12)N1CC=C(c2ccccc2)CC1. The summed E-state index contributed by atoms with van der Waals surface area (Å²) in [5.74, 6) is 1.92. The number of rotatable bonds is 5. The minimum absolute atomic E-state index is 0.684. The van der Waals surface area contributed by atoms with E-state index in [4.69, 9.17) is 4.99 Å². The van der Waals surface area contributed by atoms with Gasteiger partial charge in [-0.2, -0.15) is 0 Å². The summed E-state index contributed by atoms with van der Waals surface area (Å²) in [6, 6.07) is 16.6. The first-order valence-electron chi connectivity index (χ1n) is 9.91. The van der Waals surface area contributed by atoms with Gasteiger partial charge < -0.3 is 10.2 Å². The van der Waals surface area contributed by atoms with E-state index in [0.29, 0.717) is 6.54 Å². The number of hydrogen-bond acceptors (Lipinski definition) is 3. The molecule has 0 aliphatic carbocycles. The van der Waals surface area contributed by atoms with Crippen LogP contribution in [0.5, 0.6) is 0 Å². The third kappa shape index (κ3) is 4.06. The molecule has 0 atom stereocenters. The Morgan fingerprint density at radius 3 is 2.75 bits per heavy atom. The Labute approximate surface area is 165 Å². The van der Waals surface area contributed by atoms with Crippen molar-refractivity contribution in [3.8, 4) is 0 Å². The lowest BCUT2D eigenvalue weighted by molar-refractivity contribution is 0.440. The first-order valence-corrected chi connectivity index (χ1v) is 9.91. The van der Waals surface area contributed by atoms with Crippen LogP contribution in [0.25, 0.3) is 11.2 Å². The molecule has 3 heterocycles. The van der Waals surface area contributed by atoms with Crippen molar-refractivity contribution in [3.63, 3.8) is 0 Å². The molecule has 1 aliphatic heterocycles. The maximum Gasteiger partial charge on any atom is 0.194 e. The van der Waals surface area contributed by atoms with Crippen molar-refractivity contribution >= 4 is 17.2 Å². The van der Waals surface area contributed by atoms with Crippen LogP contribution in [0.1, 0.15) is 24.7 Å². The van der Waals surface area contributed by atoms with Gasteiger partial charge >= 0.3 is 0 Å². The van der Waals surface area contributed by atoms with E-state index in [1.165, 1.54) is 11.1 Å². The molecule has 0 amide bonds. The summed E-state index contributed by atoms with van der Waals surface area (Å²) in [4.78, 5) is 7.16. The number of fused-ring (bicyclic) bond motifs is 1. The highest BCUT2D eigenvalue weighted by Gasteiger charge is 2.16. The first kappa shape index (κ1) is 18.2. The van der Waals surface area contributed by atoms with E-state index in [-0.39, 0.29) is 0 Å². The number of guanidine groups is 1. The van der Waals surface area contributed by atoms with E-state index in [2.05, 4.69) is 63.7 Å². The van der Waals surface area contributed by atoms with Gasteiger partial charge in [-0.05, 0) is 36.6 Å². The topological polar surface area (TPSA) is 57.8 Å². The number of pyridine rings is 1. The maximum atomic E-state index is 4.84. The van der Waals surface area contributed by atoms with Crippen LogP contribution in [0, 0.1) is 0 Å². The van der Waals surface area contributed by atoms with Gasteiger partial charge in [-0.15, -0.1) is 10.2 Å². The van der Waals surface area contributed by atoms with Crippen molar-refractivity contribution in [1.82, 2.24) is 24.8 Å². The standard InChI is InChI=1S/C22H26N6/c1-2-23-22(24-14-11-21-26-25-20-10-6-7-15-28(20)21)27-16-12-19(13-17-27)18-8-4-3-5-9-18/h3-10,12,15H,2,11,13-14,16-17H2,1H3,(H,23,24). The molecular weight excluding hydrogens is 348 g/mol. The van der Waals surface area contributed by atoms with Crippen molar-refractivity contribution in [2.24, 2.45) is 4.99 Å². The van der Waals surface area contributed by atoms with Crippen LogP contribution in [0.2, 0.25) is 0 Å². The summed E-state index contributed by atoms with van der Waals surface area (Å²) in [6.45, 7) is 5.50. The molecule has 0 saturated carbocycles. The molecule has 144 valence electrons. The number of hydrogen-bond donors (Lipinski definition) is 1. The molecule has 0 spiro atoms. The smallest absolute Gasteiger partial charge is 0.194 e. The van der Waals surface area contributed by atoms with E-state index < -0.39 is 0 Å². The number of benzene rings is 1. The fourth-order valence-corrected chi connectivity index (χ4v) is 3.52. The molecule has 0 saturated heterocycles. The van der Waals surface area contributed by atoms with E-state index in [9.17, 15) is 0 Å². The molecule has 4 rings (SSSR count). The van der Waals surface area contributed by atoms with E-state index in [1.807, 2.05) is 28.8 Å². The molecule has 0 bridgehead atoms. The summed E-state index contributed by atoms with van der Waals surface area (Å²) in [5.41, 5.74) is 3.62. The zero-order chi connectivity index (χ0) is 19.2. The molecular formula is C22H26N6. The molecule has 0 unspecified atom stereocenters. The second-order valence-corrected chi connectivity index (χ2v) is 6.82. The largest absolute Gasteiger partial charge is 0.357 e. The highest BCUT2D eigenvalue weighted by Crippen LogP contribution is 2.22. The Morgan fingerprint density at radius 2 is 1.96 bits per heavy atom. The van der Waals surface area contributed by atoms with Gasteiger partial charge in [0.1, 0.15) is 5.82 Å². The third-order valence-corrected chi connectivity index (χ3v) is 4.97. The van der Waals surface area contributed by atoms with E-state index >= 15 is 0 Å².